The number of aliphatic hydroxyl groups is 1. The molecule has 1 aromatic rings. The first kappa shape index (κ1) is 10.5. The van der Waals surface area contributed by atoms with E-state index in [2.05, 4.69) is 0 Å². The molecule has 2 atom stereocenters. The third-order valence-corrected chi connectivity index (χ3v) is 2.66. The number of benzene rings is 1. The molecule has 1 saturated heterocycles. The largest absolute Gasteiger partial charge is 0.396 e. The van der Waals surface area contributed by atoms with Crippen LogP contribution in [0.1, 0.15) is 18.1 Å². The standard InChI is InChI=1S/C11H12F2O2/c12-9-3-8(4-10(13)5-9)11-7(6-14)1-2-15-11/h3-5,7,11,14H,1-2,6H2. The molecule has 82 valence electrons. The molecule has 1 fully saturated rings. The van der Waals surface area contributed by atoms with Crippen LogP contribution < -0.4 is 0 Å². The summed E-state index contributed by atoms with van der Waals surface area (Å²) in [6, 6.07) is 3.33. The van der Waals surface area contributed by atoms with E-state index in [1.54, 1.807) is 0 Å². The molecule has 0 bridgehead atoms. The molecule has 1 aliphatic rings. The number of hydrogen-bond donors (Lipinski definition) is 1. The zero-order valence-corrected chi connectivity index (χ0v) is 8.12. The summed E-state index contributed by atoms with van der Waals surface area (Å²) in [5, 5.41) is 9.07. The highest BCUT2D eigenvalue weighted by molar-refractivity contribution is 5.21. The number of halogens is 2. The van der Waals surface area contributed by atoms with E-state index in [9.17, 15) is 8.78 Å². The molecule has 0 radical (unpaired) electrons. The van der Waals surface area contributed by atoms with Gasteiger partial charge in [-0.25, -0.2) is 8.78 Å². The highest BCUT2D eigenvalue weighted by Crippen LogP contribution is 2.34. The van der Waals surface area contributed by atoms with Gasteiger partial charge < -0.3 is 9.84 Å². The second-order valence-corrected chi connectivity index (χ2v) is 3.73. The topological polar surface area (TPSA) is 29.5 Å². The Bertz CT molecular complexity index is 334. The minimum Gasteiger partial charge on any atom is -0.396 e. The van der Waals surface area contributed by atoms with Gasteiger partial charge >= 0.3 is 0 Å². The van der Waals surface area contributed by atoms with Crippen molar-refractivity contribution in [3.8, 4) is 0 Å². The van der Waals surface area contributed by atoms with Crippen LogP contribution in [0.4, 0.5) is 8.78 Å². The summed E-state index contributed by atoms with van der Waals surface area (Å²) in [6.07, 6.45) is 0.333. The Morgan fingerprint density at radius 2 is 1.93 bits per heavy atom. The quantitative estimate of drug-likeness (QED) is 0.816. The monoisotopic (exact) mass is 214 g/mol. The summed E-state index contributed by atoms with van der Waals surface area (Å²) in [6.45, 7) is 0.497. The number of aliphatic hydroxyl groups excluding tert-OH is 1. The first-order valence-corrected chi connectivity index (χ1v) is 4.89. The van der Waals surface area contributed by atoms with Crippen LogP contribution in [0.5, 0.6) is 0 Å². The molecule has 2 nitrogen and oxygen atoms in total. The Hall–Kier alpha value is -1.00. The molecular weight excluding hydrogens is 202 g/mol. The Labute approximate surface area is 86.5 Å². The van der Waals surface area contributed by atoms with Gasteiger partial charge in [-0.3, -0.25) is 0 Å². The van der Waals surface area contributed by atoms with Crippen LogP contribution in [0.3, 0.4) is 0 Å². The molecule has 0 spiro atoms. The molecule has 4 heteroatoms. The SMILES string of the molecule is OCC1CCOC1c1cc(F)cc(F)c1. The number of hydrogen-bond acceptors (Lipinski definition) is 2. The fourth-order valence-electron chi connectivity index (χ4n) is 1.93. The Morgan fingerprint density at radius 1 is 1.27 bits per heavy atom. The maximum atomic E-state index is 13.0. The molecule has 1 aromatic carbocycles. The van der Waals surface area contributed by atoms with Gasteiger partial charge in [0.1, 0.15) is 11.6 Å². The average Bonchev–Trinajstić information content (AvgIpc) is 2.63. The molecule has 15 heavy (non-hydrogen) atoms. The van der Waals surface area contributed by atoms with E-state index in [0.29, 0.717) is 12.2 Å². The van der Waals surface area contributed by atoms with Gasteiger partial charge in [-0.15, -0.1) is 0 Å². The molecule has 1 aliphatic heterocycles. The lowest BCUT2D eigenvalue weighted by atomic mass is 9.96. The van der Waals surface area contributed by atoms with Crippen LogP contribution in [-0.2, 0) is 4.74 Å². The Kier molecular flexibility index (Phi) is 2.98. The van der Waals surface area contributed by atoms with Crippen LogP contribution in [0.25, 0.3) is 0 Å². The molecule has 1 heterocycles. The van der Waals surface area contributed by atoms with Gasteiger partial charge in [0.05, 0.1) is 6.10 Å². The van der Waals surface area contributed by atoms with Gasteiger partial charge in [-0.1, -0.05) is 0 Å². The van der Waals surface area contributed by atoms with Gasteiger partial charge in [0, 0.05) is 25.2 Å². The van der Waals surface area contributed by atoms with Crippen molar-refractivity contribution in [3.63, 3.8) is 0 Å². The molecule has 2 unspecified atom stereocenters. The van der Waals surface area contributed by atoms with Crippen molar-refractivity contribution >= 4 is 0 Å². The van der Waals surface area contributed by atoms with Crippen molar-refractivity contribution in [2.45, 2.75) is 12.5 Å². The van der Waals surface area contributed by atoms with Gasteiger partial charge in [-0.2, -0.15) is 0 Å². The van der Waals surface area contributed by atoms with Crippen molar-refractivity contribution < 1.29 is 18.6 Å². The maximum Gasteiger partial charge on any atom is 0.126 e. The molecule has 0 saturated carbocycles. The van der Waals surface area contributed by atoms with Crippen molar-refractivity contribution in [1.29, 1.82) is 0 Å². The van der Waals surface area contributed by atoms with E-state index in [1.807, 2.05) is 0 Å². The molecule has 0 aliphatic carbocycles. The predicted octanol–water partition coefficient (Wildman–Crippen LogP) is 2.03. The second-order valence-electron chi connectivity index (χ2n) is 3.73. The Balaban J connectivity index is 2.28. The average molecular weight is 214 g/mol. The van der Waals surface area contributed by atoms with Crippen LogP contribution >= 0.6 is 0 Å². The molecular formula is C11H12F2O2. The summed E-state index contributed by atoms with van der Waals surface area (Å²) in [5.74, 6) is -1.29. The van der Waals surface area contributed by atoms with Crippen molar-refractivity contribution in [2.75, 3.05) is 13.2 Å². The van der Waals surface area contributed by atoms with Gasteiger partial charge in [0.2, 0.25) is 0 Å². The van der Waals surface area contributed by atoms with Crippen LogP contribution in [-0.4, -0.2) is 18.3 Å². The third-order valence-electron chi connectivity index (χ3n) is 2.66. The lowest BCUT2D eigenvalue weighted by molar-refractivity contribution is 0.0716. The fourth-order valence-corrected chi connectivity index (χ4v) is 1.93. The third kappa shape index (κ3) is 2.16. The lowest BCUT2D eigenvalue weighted by Gasteiger charge is -2.16. The van der Waals surface area contributed by atoms with Crippen molar-refractivity contribution in [2.24, 2.45) is 5.92 Å². The van der Waals surface area contributed by atoms with Crippen molar-refractivity contribution in [3.05, 3.63) is 35.4 Å². The molecule has 2 rings (SSSR count). The minimum absolute atomic E-state index is 0.0250. The molecule has 0 aromatic heterocycles. The number of ether oxygens (including phenoxy) is 1. The first-order chi connectivity index (χ1) is 7.20. The first-order valence-electron chi connectivity index (χ1n) is 4.89. The molecule has 1 N–H and O–H groups in total. The molecule has 0 amide bonds. The zero-order chi connectivity index (χ0) is 10.8. The minimum atomic E-state index is -0.614. The maximum absolute atomic E-state index is 13.0. The van der Waals surface area contributed by atoms with Crippen molar-refractivity contribution in [1.82, 2.24) is 0 Å². The second kappa shape index (κ2) is 4.24. The fraction of sp³-hybridized carbons (Fsp3) is 0.455. The number of rotatable bonds is 2. The van der Waals surface area contributed by atoms with E-state index in [1.165, 1.54) is 12.1 Å². The summed E-state index contributed by atoms with van der Waals surface area (Å²) in [5.41, 5.74) is 0.462. The highest BCUT2D eigenvalue weighted by Gasteiger charge is 2.29. The van der Waals surface area contributed by atoms with E-state index < -0.39 is 11.6 Å². The van der Waals surface area contributed by atoms with Crippen LogP contribution in [0.2, 0.25) is 0 Å². The smallest absolute Gasteiger partial charge is 0.126 e. The Morgan fingerprint density at radius 3 is 2.53 bits per heavy atom. The summed E-state index contributed by atoms with van der Waals surface area (Å²) < 4.78 is 31.3. The van der Waals surface area contributed by atoms with E-state index in [4.69, 9.17) is 9.84 Å². The normalized spacial score (nSPS) is 25.8. The van der Waals surface area contributed by atoms with Gasteiger partial charge in [0.25, 0.3) is 0 Å². The zero-order valence-electron chi connectivity index (χ0n) is 8.12. The van der Waals surface area contributed by atoms with Crippen LogP contribution in [0, 0.1) is 17.6 Å². The van der Waals surface area contributed by atoms with Gasteiger partial charge in [0.15, 0.2) is 0 Å². The summed E-state index contributed by atoms with van der Waals surface area (Å²) in [7, 11) is 0. The highest BCUT2D eigenvalue weighted by atomic mass is 19.1. The predicted molar refractivity (Wildman–Crippen MR) is 50.2 cm³/mol. The summed E-state index contributed by atoms with van der Waals surface area (Å²) >= 11 is 0. The van der Waals surface area contributed by atoms with E-state index in [-0.39, 0.29) is 18.6 Å². The van der Waals surface area contributed by atoms with E-state index >= 15 is 0 Å². The summed E-state index contributed by atoms with van der Waals surface area (Å²) in [4.78, 5) is 0. The van der Waals surface area contributed by atoms with E-state index in [0.717, 1.165) is 12.5 Å². The van der Waals surface area contributed by atoms with Crippen LogP contribution in [0.15, 0.2) is 18.2 Å². The van der Waals surface area contributed by atoms with Gasteiger partial charge in [-0.05, 0) is 24.1 Å². The lowest BCUT2D eigenvalue weighted by Crippen LogP contribution is -2.11.